The summed E-state index contributed by atoms with van der Waals surface area (Å²) < 4.78 is 4.90. The average molecular weight is 198 g/mol. The van der Waals surface area contributed by atoms with Gasteiger partial charge in [0.1, 0.15) is 5.54 Å². The van der Waals surface area contributed by atoms with Gasteiger partial charge in [0.15, 0.2) is 0 Å². The van der Waals surface area contributed by atoms with Gasteiger partial charge in [-0.1, -0.05) is 6.42 Å². The number of hydrazine groups is 1. The van der Waals surface area contributed by atoms with Gasteiger partial charge < -0.3 is 4.74 Å². The summed E-state index contributed by atoms with van der Waals surface area (Å²) in [4.78, 5) is 11.8. The van der Waals surface area contributed by atoms with Gasteiger partial charge in [-0.2, -0.15) is 0 Å². The fraction of sp³-hybridized carbons (Fsp3) is 0.900. The Morgan fingerprint density at radius 1 is 1.50 bits per heavy atom. The van der Waals surface area contributed by atoms with E-state index >= 15 is 0 Å². The summed E-state index contributed by atoms with van der Waals surface area (Å²) in [6.07, 6.45) is 5.31. The second-order valence-corrected chi connectivity index (χ2v) is 4.34. The lowest BCUT2D eigenvalue weighted by molar-refractivity contribution is -0.160. The highest BCUT2D eigenvalue weighted by Crippen LogP contribution is 2.44. The van der Waals surface area contributed by atoms with Crippen LogP contribution < -0.4 is 5.84 Å². The normalized spacial score (nSPS) is 34.1. The van der Waals surface area contributed by atoms with Crippen LogP contribution in [0.4, 0.5) is 0 Å². The molecule has 0 amide bonds. The zero-order chi connectivity index (χ0) is 10.2. The van der Waals surface area contributed by atoms with Crippen LogP contribution in [0.2, 0.25) is 0 Å². The van der Waals surface area contributed by atoms with Gasteiger partial charge in [0.25, 0.3) is 0 Å². The first-order chi connectivity index (χ1) is 6.71. The van der Waals surface area contributed by atoms with E-state index in [0.717, 1.165) is 32.2 Å². The summed E-state index contributed by atoms with van der Waals surface area (Å²) in [6, 6.07) is 0. The highest BCUT2D eigenvalue weighted by molar-refractivity contribution is 5.81. The summed E-state index contributed by atoms with van der Waals surface area (Å²) in [5, 5.41) is 1.71. The molecule has 14 heavy (non-hydrogen) atoms. The molecule has 0 aromatic heterocycles. The molecule has 0 aromatic carbocycles. The van der Waals surface area contributed by atoms with Crippen LogP contribution in [0.15, 0.2) is 0 Å². The van der Waals surface area contributed by atoms with Gasteiger partial charge in [-0.05, 0) is 31.6 Å². The maximum Gasteiger partial charge on any atom is 0.327 e. The molecule has 2 rings (SSSR count). The first-order valence-corrected chi connectivity index (χ1v) is 5.32. The van der Waals surface area contributed by atoms with Gasteiger partial charge in [-0.25, -0.2) is 9.80 Å². The number of hydrogen-bond donors (Lipinski definition) is 1. The van der Waals surface area contributed by atoms with Crippen molar-refractivity contribution in [1.82, 2.24) is 5.01 Å². The Morgan fingerprint density at radius 2 is 2.21 bits per heavy atom. The van der Waals surface area contributed by atoms with Crippen molar-refractivity contribution in [3.8, 4) is 0 Å². The molecular formula is C10H18N2O2. The smallest absolute Gasteiger partial charge is 0.327 e. The molecule has 1 saturated carbocycles. The van der Waals surface area contributed by atoms with E-state index < -0.39 is 5.54 Å². The van der Waals surface area contributed by atoms with Gasteiger partial charge in [0.05, 0.1) is 7.11 Å². The average Bonchev–Trinajstić information content (AvgIpc) is 2.45. The first kappa shape index (κ1) is 9.93. The molecule has 1 heterocycles. The lowest BCUT2D eigenvalue weighted by Crippen LogP contribution is -2.60. The van der Waals surface area contributed by atoms with Crippen molar-refractivity contribution in [3.05, 3.63) is 0 Å². The van der Waals surface area contributed by atoms with Crippen LogP contribution in [0.5, 0.6) is 0 Å². The van der Waals surface area contributed by atoms with E-state index in [1.54, 1.807) is 5.01 Å². The highest BCUT2D eigenvalue weighted by atomic mass is 16.5. The van der Waals surface area contributed by atoms with Crippen molar-refractivity contribution in [2.75, 3.05) is 13.7 Å². The Balaban J connectivity index is 2.22. The molecule has 4 nitrogen and oxygen atoms in total. The first-order valence-electron chi connectivity index (χ1n) is 5.32. The zero-order valence-electron chi connectivity index (χ0n) is 8.66. The number of ether oxygens (including phenoxy) is 1. The fourth-order valence-corrected chi connectivity index (χ4v) is 2.75. The van der Waals surface area contributed by atoms with E-state index in [4.69, 9.17) is 10.6 Å². The minimum Gasteiger partial charge on any atom is -0.468 e. The van der Waals surface area contributed by atoms with E-state index in [9.17, 15) is 4.79 Å². The number of hydrogen-bond acceptors (Lipinski definition) is 4. The summed E-state index contributed by atoms with van der Waals surface area (Å²) in [7, 11) is 1.45. The molecule has 0 aromatic rings. The van der Waals surface area contributed by atoms with E-state index in [1.165, 1.54) is 13.5 Å². The summed E-state index contributed by atoms with van der Waals surface area (Å²) in [5.41, 5.74) is -0.493. The summed E-state index contributed by atoms with van der Waals surface area (Å²) >= 11 is 0. The van der Waals surface area contributed by atoms with Crippen LogP contribution >= 0.6 is 0 Å². The van der Waals surface area contributed by atoms with Crippen molar-refractivity contribution in [2.45, 2.75) is 37.6 Å². The van der Waals surface area contributed by atoms with Gasteiger partial charge in [0, 0.05) is 6.54 Å². The number of nitrogens with zero attached hydrogens (tertiary/aromatic N) is 1. The van der Waals surface area contributed by atoms with E-state index in [0.29, 0.717) is 5.92 Å². The molecule has 2 aliphatic rings. The molecule has 2 N–H and O–H groups in total. The Bertz CT molecular complexity index is 240. The van der Waals surface area contributed by atoms with Crippen LogP contribution in [0.1, 0.15) is 32.1 Å². The number of methoxy groups -OCH3 is 1. The number of esters is 1. The third kappa shape index (κ3) is 1.17. The second-order valence-electron chi connectivity index (χ2n) is 4.34. The number of nitrogens with two attached hydrogens (primary N) is 1. The van der Waals surface area contributed by atoms with Crippen molar-refractivity contribution >= 4 is 5.97 Å². The molecule has 0 spiro atoms. The lowest BCUT2D eigenvalue weighted by Gasteiger charge is -2.44. The van der Waals surface area contributed by atoms with Gasteiger partial charge in [-0.3, -0.25) is 5.84 Å². The van der Waals surface area contributed by atoms with Crippen LogP contribution in [0.25, 0.3) is 0 Å². The quantitative estimate of drug-likeness (QED) is 0.523. The Morgan fingerprint density at radius 3 is 2.57 bits per heavy atom. The monoisotopic (exact) mass is 198 g/mol. The minimum atomic E-state index is -0.493. The molecule has 0 radical (unpaired) electrons. The molecule has 1 aliphatic heterocycles. The minimum absolute atomic E-state index is 0.137. The van der Waals surface area contributed by atoms with E-state index in [1.807, 2.05) is 0 Å². The van der Waals surface area contributed by atoms with Gasteiger partial charge in [0.2, 0.25) is 0 Å². The van der Waals surface area contributed by atoms with Crippen LogP contribution in [0, 0.1) is 5.92 Å². The summed E-state index contributed by atoms with van der Waals surface area (Å²) in [6.45, 7) is 0.811. The van der Waals surface area contributed by atoms with E-state index in [-0.39, 0.29) is 5.97 Å². The maximum absolute atomic E-state index is 11.8. The Labute approximate surface area is 84.4 Å². The van der Waals surface area contributed by atoms with Crippen molar-refractivity contribution in [1.29, 1.82) is 0 Å². The fourth-order valence-electron chi connectivity index (χ4n) is 2.75. The van der Waals surface area contributed by atoms with Crippen molar-refractivity contribution in [3.63, 3.8) is 0 Å². The zero-order valence-corrected chi connectivity index (χ0v) is 8.66. The van der Waals surface area contributed by atoms with Gasteiger partial charge in [-0.15, -0.1) is 0 Å². The van der Waals surface area contributed by atoms with E-state index in [2.05, 4.69) is 0 Å². The number of carbonyl (C=O) groups is 1. The van der Waals surface area contributed by atoms with Crippen LogP contribution in [0.3, 0.4) is 0 Å². The molecule has 1 aliphatic carbocycles. The van der Waals surface area contributed by atoms with Crippen molar-refractivity contribution < 1.29 is 9.53 Å². The lowest BCUT2D eigenvalue weighted by atomic mass is 9.69. The number of rotatable bonds is 2. The van der Waals surface area contributed by atoms with Crippen LogP contribution in [-0.2, 0) is 9.53 Å². The third-order valence-electron chi connectivity index (χ3n) is 3.79. The Kier molecular flexibility index (Phi) is 2.49. The molecule has 4 heteroatoms. The third-order valence-corrected chi connectivity index (χ3v) is 3.79. The highest BCUT2D eigenvalue weighted by Gasteiger charge is 2.54. The SMILES string of the molecule is COC(=O)[C@]1(C2CCC2)CCCN1N. The topological polar surface area (TPSA) is 55.6 Å². The maximum atomic E-state index is 11.8. The Hall–Kier alpha value is -0.610. The van der Waals surface area contributed by atoms with Gasteiger partial charge >= 0.3 is 5.97 Å². The molecule has 2 fully saturated rings. The molecular weight excluding hydrogens is 180 g/mol. The number of carbonyl (C=O) groups excluding carboxylic acids is 1. The van der Waals surface area contributed by atoms with Crippen LogP contribution in [-0.4, -0.2) is 30.2 Å². The largest absolute Gasteiger partial charge is 0.468 e. The molecule has 80 valence electrons. The van der Waals surface area contributed by atoms with Crippen molar-refractivity contribution in [2.24, 2.45) is 11.8 Å². The predicted molar refractivity (Wildman–Crippen MR) is 52.2 cm³/mol. The second kappa shape index (κ2) is 3.51. The molecule has 0 bridgehead atoms. The molecule has 1 saturated heterocycles. The predicted octanol–water partition coefficient (Wildman–Crippen LogP) is 0.668. The summed E-state index contributed by atoms with van der Waals surface area (Å²) in [5.74, 6) is 6.22. The molecule has 0 unspecified atom stereocenters. The standard InChI is InChI=1S/C10H18N2O2/c1-14-9(13)10(8-4-2-5-8)6-3-7-12(10)11/h8H,2-7,11H2,1H3/t10-/m1/s1. The molecule has 1 atom stereocenters.